The maximum atomic E-state index is 11.0. The Hall–Kier alpha value is -2.53. The van der Waals surface area contributed by atoms with E-state index in [2.05, 4.69) is 6.58 Å². The second kappa shape index (κ2) is 7.15. The van der Waals surface area contributed by atoms with Gasteiger partial charge in [0.1, 0.15) is 37.4 Å². The van der Waals surface area contributed by atoms with Gasteiger partial charge >= 0.3 is 5.97 Å². The second-order valence-corrected chi connectivity index (χ2v) is 5.09. The Bertz CT molecular complexity index is 706. The largest absolute Gasteiger partial charge is 0.490 e. The molecule has 0 aliphatic carbocycles. The molecule has 0 aromatic heterocycles. The Balaban J connectivity index is 1.69. The van der Waals surface area contributed by atoms with Crippen molar-refractivity contribution in [1.29, 1.82) is 0 Å². The molecule has 1 heterocycles. The molecule has 1 unspecified atom stereocenters. The van der Waals surface area contributed by atoms with Gasteiger partial charge in [-0.25, -0.2) is 4.79 Å². The standard InChI is InChI=1S/C18H18O5/c1-2-18(19)21-10-9-20-16-7-8-17(23-12-13-11-22-13)15-6-4-3-5-14(15)16/h2-8,13H,1,9-12H2. The van der Waals surface area contributed by atoms with E-state index in [-0.39, 0.29) is 19.3 Å². The summed E-state index contributed by atoms with van der Waals surface area (Å²) in [5.41, 5.74) is 0. The zero-order chi connectivity index (χ0) is 16.1. The summed E-state index contributed by atoms with van der Waals surface area (Å²) in [4.78, 5) is 11.0. The minimum atomic E-state index is -0.454. The summed E-state index contributed by atoms with van der Waals surface area (Å²) in [6, 6.07) is 11.6. The van der Waals surface area contributed by atoms with Crippen molar-refractivity contribution in [3.05, 3.63) is 49.1 Å². The van der Waals surface area contributed by atoms with Crippen LogP contribution in [0, 0.1) is 0 Å². The first-order chi connectivity index (χ1) is 11.3. The summed E-state index contributed by atoms with van der Waals surface area (Å²) < 4.78 is 21.6. The summed E-state index contributed by atoms with van der Waals surface area (Å²) in [6.07, 6.45) is 1.34. The van der Waals surface area contributed by atoms with Crippen LogP contribution in [-0.2, 0) is 14.3 Å². The molecule has 1 fully saturated rings. The van der Waals surface area contributed by atoms with E-state index in [1.807, 2.05) is 36.4 Å². The number of benzene rings is 2. The first-order valence-corrected chi connectivity index (χ1v) is 7.46. The molecule has 1 aliphatic heterocycles. The van der Waals surface area contributed by atoms with Gasteiger partial charge in [0.05, 0.1) is 6.61 Å². The van der Waals surface area contributed by atoms with Gasteiger partial charge in [0.2, 0.25) is 0 Å². The minimum absolute atomic E-state index is 0.177. The molecule has 3 rings (SSSR count). The monoisotopic (exact) mass is 314 g/mol. The van der Waals surface area contributed by atoms with E-state index in [0.717, 1.165) is 35.0 Å². The van der Waals surface area contributed by atoms with Gasteiger partial charge in [-0.1, -0.05) is 30.8 Å². The summed E-state index contributed by atoms with van der Waals surface area (Å²) in [5.74, 6) is 1.08. The molecule has 0 saturated carbocycles. The third-order valence-corrected chi connectivity index (χ3v) is 3.42. The van der Waals surface area contributed by atoms with Crippen molar-refractivity contribution in [1.82, 2.24) is 0 Å². The van der Waals surface area contributed by atoms with Crippen LogP contribution < -0.4 is 9.47 Å². The van der Waals surface area contributed by atoms with Gasteiger partial charge < -0.3 is 18.9 Å². The smallest absolute Gasteiger partial charge is 0.330 e. The number of carbonyl (C=O) groups is 1. The predicted molar refractivity (Wildman–Crippen MR) is 85.8 cm³/mol. The molecule has 1 atom stereocenters. The maximum Gasteiger partial charge on any atom is 0.330 e. The van der Waals surface area contributed by atoms with Crippen LogP contribution >= 0.6 is 0 Å². The van der Waals surface area contributed by atoms with Crippen LogP contribution in [0.25, 0.3) is 10.8 Å². The lowest BCUT2D eigenvalue weighted by molar-refractivity contribution is -0.138. The van der Waals surface area contributed by atoms with Gasteiger partial charge in [0.15, 0.2) is 0 Å². The fourth-order valence-electron chi connectivity index (χ4n) is 2.20. The third kappa shape index (κ3) is 4.02. The normalized spacial score (nSPS) is 15.9. The van der Waals surface area contributed by atoms with Crippen LogP contribution in [0.15, 0.2) is 49.1 Å². The number of epoxide rings is 1. The highest BCUT2D eigenvalue weighted by Gasteiger charge is 2.23. The van der Waals surface area contributed by atoms with Crippen molar-refractivity contribution in [2.75, 3.05) is 26.4 Å². The summed E-state index contributed by atoms with van der Waals surface area (Å²) >= 11 is 0. The lowest BCUT2D eigenvalue weighted by Gasteiger charge is -2.13. The molecular formula is C18H18O5. The zero-order valence-electron chi connectivity index (χ0n) is 12.7. The average molecular weight is 314 g/mol. The first-order valence-electron chi connectivity index (χ1n) is 7.46. The molecule has 1 aliphatic rings. The van der Waals surface area contributed by atoms with E-state index in [9.17, 15) is 4.79 Å². The highest BCUT2D eigenvalue weighted by atomic mass is 16.6. The maximum absolute atomic E-state index is 11.0. The molecular weight excluding hydrogens is 296 g/mol. The molecule has 0 radical (unpaired) electrons. The van der Waals surface area contributed by atoms with Gasteiger partial charge in [0, 0.05) is 16.8 Å². The molecule has 120 valence electrons. The first kappa shape index (κ1) is 15.4. The lowest BCUT2D eigenvalue weighted by Crippen LogP contribution is -2.10. The Morgan fingerprint density at radius 2 is 1.78 bits per heavy atom. The van der Waals surface area contributed by atoms with E-state index in [1.54, 1.807) is 0 Å². The number of hydrogen-bond acceptors (Lipinski definition) is 5. The Morgan fingerprint density at radius 1 is 1.13 bits per heavy atom. The van der Waals surface area contributed by atoms with E-state index in [4.69, 9.17) is 18.9 Å². The van der Waals surface area contributed by atoms with Crippen LogP contribution in [-0.4, -0.2) is 38.5 Å². The van der Waals surface area contributed by atoms with Crippen LogP contribution in [0.3, 0.4) is 0 Å². The molecule has 0 bridgehead atoms. The quantitative estimate of drug-likeness (QED) is 0.324. The summed E-state index contributed by atoms with van der Waals surface area (Å²) in [7, 11) is 0. The topological polar surface area (TPSA) is 57.3 Å². The molecule has 2 aromatic carbocycles. The van der Waals surface area contributed by atoms with Gasteiger partial charge in [-0.05, 0) is 12.1 Å². The number of rotatable bonds is 8. The molecule has 0 spiro atoms. The average Bonchev–Trinajstić information content (AvgIpc) is 3.41. The molecule has 2 aromatic rings. The Kier molecular flexibility index (Phi) is 4.78. The van der Waals surface area contributed by atoms with E-state index < -0.39 is 5.97 Å². The molecule has 5 heteroatoms. The Morgan fingerprint density at radius 3 is 2.39 bits per heavy atom. The van der Waals surface area contributed by atoms with Crippen molar-refractivity contribution in [3.63, 3.8) is 0 Å². The highest BCUT2D eigenvalue weighted by molar-refractivity contribution is 5.93. The number of hydrogen-bond donors (Lipinski definition) is 0. The van der Waals surface area contributed by atoms with Crippen molar-refractivity contribution < 1.29 is 23.7 Å². The number of fused-ring (bicyclic) bond motifs is 1. The molecule has 5 nitrogen and oxygen atoms in total. The van der Waals surface area contributed by atoms with Crippen molar-refractivity contribution in [2.24, 2.45) is 0 Å². The van der Waals surface area contributed by atoms with Crippen molar-refractivity contribution in [3.8, 4) is 11.5 Å². The minimum Gasteiger partial charge on any atom is -0.490 e. The summed E-state index contributed by atoms with van der Waals surface area (Å²) in [6.45, 7) is 5.12. The van der Waals surface area contributed by atoms with Crippen molar-refractivity contribution >= 4 is 16.7 Å². The zero-order valence-corrected chi connectivity index (χ0v) is 12.7. The van der Waals surface area contributed by atoms with Crippen LogP contribution in [0.2, 0.25) is 0 Å². The van der Waals surface area contributed by atoms with E-state index >= 15 is 0 Å². The molecule has 0 N–H and O–H groups in total. The van der Waals surface area contributed by atoms with E-state index in [0.29, 0.717) is 6.61 Å². The van der Waals surface area contributed by atoms with Crippen LogP contribution in [0.4, 0.5) is 0 Å². The van der Waals surface area contributed by atoms with E-state index in [1.165, 1.54) is 0 Å². The fraction of sp³-hybridized carbons (Fsp3) is 0.278. The fourth-order valence-corrected chi connectivity index (χ4v) is 2.20. The lowest BCUT2D eigenvalue weighted by atomic mass is 10.1. The molecule has 1 saturated heterocycles. The summed E-state index contributed by atoms with van der Waals surface area (Å²) in [5, 5.41) is 1.94. The third-order valence-electron chi connectivity index (χ3n) is 3.42. The molecule has 0 amide bonds. The van der Waals surface area contributed by atoms with Gasteiger partial charge in [-0.3, -0.25) is 0 Å². The highest BCUT2D eigenvalue weighted by Crippen LogP contribution is 2.33. The van der Waals surface area contributed by atoms with Gasteiger partial charge in [-0.2, -0.15) is 0 Å². The van der Waals surface area contributed by atoms with Crippen LogP contribution in [0.5, 0.6) is 11.5 Å². The number of carbonyl (C=O) groups excluding carboxylic acids is 1. The van der Waals surface area contributed by atoms with Crippen LogP contribution in [0.1, 0.15) is 0 Å². The predicted octanol–water partition coefficient (Wildman–Crippen LogP) is 2.73. The second-order valence-electron chi connectivity index (χ2n) is 5.09. The van der Waals surface area contributed by atoms with Gasteiger partial charge in [-0.15, -0.1) is 0 Å². The van der Waals surface area contributed by atoms with Gasteiger partial charge in [0.25, 0.3) is 0 Å². The number of esters is 1. The SMILES string of the molecule is C=CC(=O)OCCOc1ccc(OCC2CO2)c2ccccc12. The molecule has 23 heavy (non-hydrogen) atoms. The van der Waals surface area contributed by atoms with Crippen molar-refractivity contribution in [2.45, 2.75) is 6.10 Å². The number of ether oxygens (including phenoxy) is 4. The Labute approximate surface area is 134 Å².